The smallest absolute Gasteiger partial charge is 0.416 e. The minimum Gasteiger partial charge on any atom is -0.493 e. The fourth-order valence-electron chi connectivity index (χ4n) is 3.38. The van der Waals surface area contributed by atoms with E-state index < -0.39 is 17.6 Å². The summed E-state index contributed by atoms with van der Waals surface area (Å²) in [5, 5.41) is 2.48. The van der Waals surface area contributed by atoms with Crippen LogP contribution in [-0.4, -0.2) is 13.0 Å². The molecule has 0 unspecified atom stereocenters. The van der Waals surface area contributed by atoms with Crippen LogP contribution in [0.3, 0.4) is 0 Å². The SMILES string of the molecule is COc1cc(/C=C2\C(=O)Nc3cc(C(F)(F)F)ccc32)cc(Br)c1OCc1ccc(F)cc1. The van der Waals surface area contributed by atoms with Crippen LogP contribution in [0.25, 0.3) is 11.6 Å². The molecule has 0 fully saturated rings. The van der Waals surface area contributed by atoms with Gasteiger partial charge in [0.15, 0.2) is 11.5 Å². The molecule has 0 saturated heterocycles. The van der Waals surface area contributed by atoms with Crippen LogP contribution in [0.5, 0.6) is 11.5 Å². The zero-order valence-corrected chi connectivity index (χ0v) is 18.7. The number of hydrogen-bond donors (Lipinski definition) is 1. The number of hydrogen-bond acceptors (Lipinski definition) is 3. The lowest BCUT2D eigenvalue weighted by Gasteiger charge is -2.14. The molecule has 1 heterocycles. The third kappa shape index (κ3) is 4.88. The van der Waals surface area contributed by atoms with Crippen LogP contribution in [0.2, 0.25) is 0 Å². The standard InChI is InChI=1S/C24H16BrF4NO3/c1-32-21-10-14(9-19(25)22(21)33-12-13-2-5-16(26)6-3-13)8-18-17-7-4-15(24(27,28)29)11-20(17)30-23(18)31/h2-11H,12H2,1H3,(H,30,31)/b18-8-. The Balaban J connectivity index is 1.63. The lowest BCUT2D eigenvalue weighted by atomic mass is 10.0. The van der Waals surface area contributed by atoms with Crippen molar-refractivity contribution in [2.75, 3.05) is 12.4 Å². The molecule has 1 N–H and O–H groups in total. The van der Waals surface area contributed by atoms with Crippen LogP contribution in [0, 0.1) is 5.82 Å². The zero-order chi connectivity index (χ0) is 23.8. The maximum atomic E-state index is 13.1. The molecule has 0 spiro atoms. The Morgan fingerprint density at radius 3 is 2.45 bits per heavy atom. The van der Waals surface area contributed by atoms with E-state index in [2.05, 4.69) is 21.2 Å². The van der Waals surface area contributed by atoms with Gasteiger partial charge in [-0.05, 0) is 69.5 Å². The van der Waals surface area contributed by atoms with Crippen molar-refractivity contribution in [2.45, 2.75) is 12.8 Å². The van der Waals surface area contributed by atoms with Gasteiger partial charge in [-0.15, -0.1) is 0 Å². The second-order valence-corrected chi connectivity index (χ2v) is 8.07. The van der Waals surface area contributed by atoms with Crippen LogP contribution in [0.15, 0.2) is 59.1 Å². The van der Waals surface area contributed by atoms with Crippen LogP contribution in [0.4, 0.5) is 23.2 Å². The Labute approximate surface area is 195 Å². The first-order chi connectivity index (χ1) is 15.7. The predicted octanol–water partition coefficient (Wildman–Crippen LogP) is 6.69. The molecule has 4 rings (SSSR count). The summed E-state index contributed by atoms with van der Waals surface area (Å²) in [5.74, 6) is -0.0578. The first kappa shape index (κ1) is 22.8. The number of alkyl halides is 3. The molecular weight excluding hydrogens is 506 g/mol. The molecule has 1 aliphatic rings. The number of rotatable bonds is 5. The normalized spacial score (nSPS) is 14.2. The minimum atomic E-state index is -4.51. The van der Waals surface area contributed by atoms with Crippen molar-refractivity contribution in [3.8, 4) is 11.5 Å². The number of nitrogens with one attached hydrogen (secondary N) is 1. The maximum absolute atomic E-state index is 13.1. The number of carbonyl (C=O) groups excluding carboxylic acids is 1. The number of benzene rings is 3. The summed E-state index contributed by atoms with van der Waals surface area (Å²) in [5.41, 5.74) is 1.20. The molecule has 9 heteroatoms. The molecule has 0 radical (unpaired) electrons. The highest BCUT2D eigenvalue weighted by Gasteiger charge is 2.33. The van der Waals surface area contributed by atoms with Crippen molar-refractivity contribution in [3.63, 3.8) is 0 Å². The van der Waals surface area contributed by atoms with E-state index in [4.69, 9.17) is 9.47 Å². The number of anilines is 1. The van der Waals surface area contributed by atoms with Crippen molar-refractivity contribution in [2.24, 2.45) is 0 Å². The van der Waals surface area contributed by atoms with Crippen LogP contribution < -0.4 is 14.8 Å². The Hall–Kier alpha value is -3.33. The van der Waals surface area contributed by atoms with Gasteiger partial charge < -0.3 is 14.8 Å². The molecule has 0 aromatic heterocycles. The highest BCUT2D eigenvalue weighted by atomic mass is 79.9. The average molecular weight is 522 g/mol. The van der Waals surface area contributed by atoms with Crippen molar-refractivity contribution in [1.29, 1.82) is 0 Å². The lowest BCUT2D eigenvalue weighted by molar-refractivity contribution is -0.137. The van der Waals surface area contributed by atoms with Gasteiger partial charge in [0, 0.05) is 16.8 Å². The molecule has 1 aliphatic heterocycles. The highest BCUT2D eigenvalue weighted by molar-refractivity contribution is 9.10. The van der Waals surface area contributed by atoms with E-state index in [1.165, 1.54) is 25.3 Å². The summed E-state index contributed by atoms with van der Waals surface area (Å²) in [4.78, 5) is 12.4. The van der Waals surface area contributed by atoms with Gasteiger partial charge in [0.2, 0.25) is 0 Å². The molecule has 4 nitrogen and oxygen atoms in total. The molecule has 3 aromatic rings. The summed E-state index contributed by atoms with van der Waals surface area (Å²) < 4.78 is 63.8. The summed E-state index contributed by atoms with van der Waals surface area (Å²) >= 11 is 3.43. The van der Waals surface area contributed by atoms with Gasteiger partial charge in [-0.1, -0.05) is 18.2 Å². The van der Waals surface area contributed by atoms with Crippen molar-refractivity contribution < 1.29 is 31.8 Å². The van der Waals surface area contributed by atoms with Crippen LogP contribution in [0.1, 0.15) is 22.3 Å². The number of fused-ring (bicyclic) bond motifs is 1. The van der Waals surface area contributed by atoms with Crippen molar-refractivity contribution in [3.05, 3.63) is 87.1 Å². The Bertz CT molecular complexity index is 1250. The van der Waals surface area contributed by atoms with Crippen molar-refractivity contribution in [1.82, 2.24) is 0 Å². The van der Waals surface area contributed by atoms with E-state index in [1.807, 2.05) is 0 Å². The minimum absolute atomic E-state index is 0.103. The zero-order valence-electron chi connectivity index (χ0n) is 17.1. The predicted molar refractivity (Wildman–Crippen MR) is 119 cm³/mol. The highest BCUT2D eigenvalue weighted by Crippen LogP contribution is 2.41. The average Bonchev–Trinajstić information content (AvgIpc) is 3.07. The third-order valence-electron chi connectivity index (χ3n) is 4.99. The molecule has 1 amide bonds. The monoisotopic (exact) mass is 521 g/mol. The third-order valence-corrected chi connectivity index (χ3v) is 5.58. The molecule has 0 saturated carbocycles. The first-order valence-electron chi connectivity index (χ1n) is 9.65. The largest absolute Gasteiger partial charge is 0.493 e. The molecule has 3 aromatic carbocycles. The first-order valence-corrected chi connectivity index (χ1v) is 10.4. The van der Waals surface area contributed by atoms with E-state index in [0.717, 1.165) is 17.7 Å². The van der Waals surface area contributed by atoms with E-state index in [-0.39, 0.29) is 23.7 Å². The van der Waals surface area contributed by atoms with Gasteiger partial charge in [-0.3, -0.25) is 4.79 Å². The fourth-order valence-corrected chi connectivity index (χ4v) is 3.95. The van der Waals surface area contributed by atoms with Gasteiger partial charge in [-0.2, -0.15) is 13.2 Å². The number of carbonyl (C=O) groups is 1. The van der Waals surface area contributed by atoms with Crippen LogP contribution in [-0.2, 0) is 17.6 Å². The van der Waals surface area contributed by atoms with E-state index >= 15 is 0 Å². The maximum Gasteiger partial charge on any atom is 0.416 e. The summed E-state index contributed by atoms with van der Waals surface area (Å²) in [6, 6.07) is 12.4. The number of methoxy groups -OCH3 is 1. The number of halogens is 5. The fraction of sp³-hybridized carbons (Fsp3) is 0.125. The van der Waals surface area contributed by atoms with Crippen LogP contribution >= 0.6 is 15.9 Å². The summed E-state index contributed by atoms with van der Waals surface area (Å²) in [6.07, 6.45) is -2.94. The van der Waals surface area contributed by atoms with Gasteiger partial charge in [0.05, 0.1) is 17.1 Å². The molecule has 0 bridgehead atoms. The van der Waals surface area contributed by atoms with Gasteiger partial charge in [0.1, 0.15) is 12.4 Å². The van der Waals surface area contributed by atoms with Gasteiger partial charge in [0.25, 0.3) is 5.91 Å². The summed E-state index contributed by atoms with van der Waals surface area (Å²) in [7, 11) is 1.46. The molecule has 0 atom stereocenters. The quantitative estimate of drug-likeness (QED) is 0.300. The summed E-state index contributed by atoms with van der Waals surface area (Å²) in [6.45, 7) is 0.174. The molecule has 170 valence electrons. The second kappa shape index (κ2) is 8.90. The van der Waals surface area contributed by atoms with E-state index in [9.17, 15) is 22.4 Å². The second-order valence-electron chi connectivity index (χ2n) is 7.22. The molecule has 0 aliphatic carbocycles. The van der Waals surface area contributed by atoms with Crippen molar-refractivity contribution >= 4 is 39.2 Å². The molecule has 33 heavy (non-hydrogen) atoms. The molecular formula is C24H16BrF4NO3. The Morgan fingerprint density at radius 1 is 1.06 bits per heavy atom. The van der Waals surface area contributed by atoms with E-state index in [1.54, 1.807) is 30.3 Å². The number of ether oxygens (including phenoxy) is 2. The topological polar surface area (TPSA) is 47.6 Å². The van der Waals surface area contributed by atoms with Gasteiger partial charge >= 0.3 is 6.18 Å². The Morgan fingerprint density at radius 2 is 1.79 bits per heavy atom. The van der Waals surface area contributed by atoms with E-state index in [0.29, 0.717) is 27.1 Å². The van der Waals surface area contributed by atoms with Gasteiger partial charge in [-0.25, -0.2) is 4.39 Å². The lowest BCUT2D eigenvalue weighted by Crippen LogP contribution is -2.06. The Kier molecular flexibility index (Phi) is 6.16. The number of amides is 1.